The highest BCUT2D eigenvalue weighted by atomic mass is 16.6. The highest BCUT2D eigenvalue weighted by molar-refractivity contribution is 5.77. The summed E-state index contributed by atoms with van der Waals surface area (Å²) < 4.78 is 5.01. The molecule has 21 heavy (non-hydrogen) atoms. The molecule has 0 aliphatic heterocycles. The number of amides is 1. The lowest BCUT2D eigenvalue weighted by Gasteiger charge is -2.16. The maximum atomic E-state index is 11.8. The van der Waals surface area contributed by atoms with E-state index < -0.39 is 4.92 Å². The number of nitrogens with one attached hydrogen (secondary N) is 2. The first kappa shape index (κ1) is 16.9. The van der Waals surface area contributed by atoms with Crippen molar-refractivity contribution in [1.82, 2.24) is 5.32 Å². The monoisotopic (exact) mass is 295 g/mol. The molecule has 1 amide bonds. The van der Waals surface area contributed by atoms with E-state index in [0.29, 0.717) is 18.8 Å². The van der Waals surface area contributed by atoms with Crippen molar-refractivity contribution in [2.75, 3.05) is 25.6 Å². The number of carbonyl (C=O) groups is 1. The fourth-order valence-electron chi connectivity index (χ4n) is 1.86. The molecule has 0 radical (unpaired) electrons. The number of anilines is 1. The van der Waals surface area contributed by atoms with Gasteiger partial charge in [0.25, 0.3) is 5.69 Å². The van der Waals surface area contributed by atoms with E-state index in [1.54, 1.807) is 25.3 Å². The van der Waals surface area contributed by atoms with Crippen molar-refractivity contribution in [3.05, 3.63) is 34.4 Å². The van der Waals surface area contributed by atoms with Gasteiger partial charge in [-0.3, -0.25) is 14.9 Å². The van der Waals surface area contributed by atoms with Crippen LogP contribution in [0.5, 0.6) is 0 Å². The lowest BCUT2D eigenvalue weighted by atomic mass is 10.2. The van der Waals surface area contributed by atoms with Gasteiger partial charge in [-0.25, -0.2) is 0 Å². The molecule has 0 aliphatic carbocycles. The second-order valence-corrected chi connectivity index (χ2v) is 4.58. The number of hydrogen-bond donors (Lipinski definition) is 2. The molecule has 0 aliphatic rings. The summed E-state index contributed by atoms with van der Waals surface area (Å²) in [4.78, 5) is 22.2. The van der Waals surface area contributed by atoms with E-state index in [-0.39, 0.29) is 24.1 Å². The molecule has 1 aromatic carbocycles. The third-order valence-corrected chi connectivity index (χ3v) is 2.99. The molecule has 0 heterocycles. The van der Waals surface area contributed by atoms with Gasteiger partial charge in [-0.1, -0.05) is 19.1 Å². The molecular weight excluding hydrogens is 274 g/mol. The smallest absolute Gasteiger partial charge is 0.292 e. The average molecular weight is 295 g/mol. The van der Waals surface area contributed by atoms with Crippen LogP contribution in [0.1, 0.15) is 19.8 Å². The second kappa shape index (κ2) is 8.91. The Labute approximate surface area is 123 Å². The topological polar surface area (TPSA) is 93.5 Å². The second-order valence-electron chi connectivity index (χ2n) is 4.58. The molecule has 0 saturated carbocycles. The van der Waals surface area contributed by atoms with Gasteiger partial charge < -0.3 is 15.4 Å². The van der Waals surface area contributed by atoms with E-state index in [9.17, 15) is 14.9 Å². The van der Waals surface area contributed by atoms with E-state index in [1.165, 1.54) is 6.07 Å². The van der Waals surface area contributed by atoms with Crippen LogP contribution in [-0.4, -0.2) is 37.1 Å². The van der Waals surface area contributed by atoms with E-state index in [4.69, 9.17) is 4.74 Å². The molecular formula is C14H21N3O4. The summed E-state index contributed by atoms with van der Waals surface area (Å²) >= 11 is 0. The quantitative estimate of drug-likeness (QED) is 0.536. The normalized spacial score (nSPS) is 11.7. The van der Waals surface area contributed by atoms with Gasteiger partial charge in [-0.2, -0.15) is 0 Å². The minimum absolute atomic E-state index is 0.00345. The van der Waals surface area contributed by atoms with Gasteiger partial charge in [0.1, 0.15) is 5.69 Å². The van der Waals surface area contributed by atoms with Crippen molar-refractivity contribution in [3.63, 3.8) is 0 Å². The van der Waals surface area contributed by atoms with Gasteiger partial charge in [-0.15, -0.1) is 0 Å². The Morgan fingerprint density at radius 1 is 1.43 bits per heavy atom. The molecule has 1 unspecified atom stereocenters. The maximum absolute atomic E-state index is 11.8. The molecule has 116 valence electrons. The van der Waals surface area contributed by atoms with Gasteiger partial charge in [0, 0.05) is 26.1 Å². The summed E-state index contributed by atoms with van der Waals surface area (Å²) in [5.74, 6) is -0.106. The molecule has 2 N–H and O–H groups in total. The predicted octanol–water partition coefficient (Wildman–Crippen LogP) is 1.94. The van der Waals surface area contributed by atoms with Gasteiger partial charge in [0.05, 0.1) is 17.6 Å². The first-order valence-electron chi connectivity index (χ1n) is 6.84. The van der Waals surface area contributed by atoms with E-state index in [0.717, 1.165) is 6.42 Å². The Balaban J connectivity index is 2.43. The SMILES string of the molecule is CCC(COC)NC(=O)CCNc1ccccc1[N+](=O)[O-]. The van der Waals surface area contributed by atoms with Crippen LogP contribution >= 0.6 is 0 Å². The molecule has 1 atom stereocenters. The van der Waals surface area contributed by atoms with Crippen LogP contribution in [0.15, 0.2) is 24.3 Å². The summed E-state index contributed by atoms with van der Waals surface area (Å²) in [6.07, 6.45) is 1.03. The molecule has 0 fully saturated rings. The van der Waals surface area contributed by atoms with Crippen LogP contribution in [0.2, 0.25) is 0 Å². The molecule has 7 nitrogen and oxygen atoms in total. The lowest BCUT2D eigenvalue weighted by molar-refractivity contribution is -0.384. The number of ether oxygens (including phenoxy) is 1. The van der Waals surface area contributed by atoms with Crippen LogP contribution < -0.4 is 10.6 Å². The molecule has 1 aromatic rings. The predicted molar refractivity (Wildman–Crippen MR) is 80.3 cm³/mol. The van der Waals surface area contributed by atoms with Crippen LogP contribution in [0.3, 0.4) is 0 Å². The Hall–Kier alpha value is -2.15. The number of benzene rings is 1. The van der Waals surface area contributed by atoms with Gasteiger partial charge in [0.15, 0.2) is 0 Å². The van der Waals surface area contributed by atoms with Crippen molar-refractivity contribution in [2.24, 2.45) is 0 Å². The third-order valence-electron chi connectivity index (χ3n) is 2.99. The summed E-state index contributed by atoms with van der Waals surface area (Å²) in [5, 5.41) is 16.6. The first-order chi connectivity index (χ1) is 10.1. The third kappa shape index (κ3) is 5.78. The Morgan fingerprint density at radius 2 is 2.14 bits per heavy atom. The standard InChI is InChI=1S/C14H21N3O4/c1-3-11(10-21-2)16-14(18)8-9-15-12-6-4-5-7-13(12)17(19)20/h4-7,11,15H,3,8-10H2,1-2H3,(H,16,18). The Kier molecular flexibility index (Phi) is 7.17. The minimum Gasteiger partial charge on any atom is -0.383 e. The average Bonchev–Trinajstić information content (AvgIpc) is 2.47. The number of para-hydroxylation sites is 2. The van der Waals surface area contributed by atoms with Crippen molar-refractivity contribution >= 4 is 17.3 Å². The van der Waals surface area contributed by atoms with Crippen LogP contribution in [0.4, 0.5) is 11.4 Å². The first-order valence-corrected chi connectivity index (χ1v) is 6.84. The van der Waals surface area contributed by atoms with Crippen LogP contribution in [-0.2, 0) is 9.53 Å². The van der Waals surface area contributed by atoms with Crippen molar-refractivity contribution in [1.29, 1.82) is 0 Å². The highest BCUT2D eigenvalue weighted by Gasteiger charge is 2.13. The van der Waals surface area contributed by atoms with Crippen molar-refractivity contribution in [2.45, 2.75) is 25.8 Å². The van der Waals surface area contributed by atoms with E-state index in [1.807, 2.05) is 6.92 Å². The molecule has 0 spiro atoms. The molecule has 0 saturated heterocycles. The molecule has 0 aromatic heterocycles. The van der Waals surface area contributed by atoms with E-state index >= 15 is 0 Å². The molecule has 7 heteroatoms. The number of hydrogen-bond acceptors (Lipinski definition) is 5. The lowest BCUT2D eigenvalue weighted by Crippen LogP contribution is -2.38. The summed E-state index contributed by atoms with van der Waals surface area (Å²) in [7, 11) is 1.59. The summed E-state index contributed by atoms with van der Waals surface area (Å²) in [5.41, 5.74) is 0.419. The van der Waals surface area contributed by atoms with Gasteiger partial charge in [-0.05, 0) is 12.5 Å². The summed E-state index contributed by atoms with van der Waals surface area (Å²) in [6.45, 7) is 2.77. The van der Waals surface area contributed by atoms with E-state index in [2.05, 4.69) is 10.6 Å². The Bertz CT molecular complexity index is 479. The number of nitro benzene ring substituents is 1. The zero-order valence-electron chi connectivity index (χ0n) is 12.3. The Morgan fingerprint density at radius 3 is 2.76 bits per heavy atom. The van der Waals surface area contributed by atoms with Crippen molar-refractivity contribution < 1.29 is 14.5 Å². The van der Waals surface area contributed by atoms with Gasteiger partial charge in [0.2, 0.25) is 5.91 Å². The zero-order chi connectivity index (χ0) is 15.7. The van der Waals surface area contributed by atoms with Gasteiger partial charge >= 0.3 is 0 Å². The number of nitrogens with zero attached hydrogens (tertiary/aromatic N) is 1. The number of methoxy groups -OCH3 is 1. The number of nitro groups is 1. The largest absolute Gasteiger partial charge is 0.383 e. The molecule has 0 bridgehead atoms. The highest BCUT2D eigenvalue weighted by Crippen LogP contribution is 2.22. The van der Waals surface area contributed by atoms with Crippen LogP contribution in [0, 0.1) is 10.1 Å². The fourth-order valence-corrected chi connectivity index (χ4v) is 1.86. The molecule has 1 rings (SSSR count). The summed E-state index contributed by atoms with van der Waals surface area (Å²) in [6, 6.07) is 6.35. The van der Waals surface area contributed by atoms with Crippen molar-refractivity contribution in [3.8, 4) is 0 Å². The van der Waals surface area contributed by atoms with Crippen LogP contribution in [0.25, 0.3) is 0 Å². The fraction of sp³-hybridized carbons (Fsp3) is 0.500. The zero-order valence-corrected chi connectivity index (χ0v) is 12.3. The number of rotatable bonds is 9. The maximum Gasteiger partial charge on any atom is 0.292 e. The number of carbonyl (C=O) groups excluding carboxylic acids is 1. The minimum atomic E-state index is -0.450.